The van der Waals surface area contributed by atoms with Gasteiger partial charge in [-0.15, -0.1) is 0 Å². The molecular formula is C15H13Cl2F3N2O3. The molecule has 0 saturated heterocycles. The molecule has 0 fully saturated rings. The van der Waals surface area contributed by atoms with Gasteiger partial charge in [-0.25, -0.2) is 4.79 Å². The fourth-order valence-electron chi connectivity index (χ4n) is 1.97. The largest absolute Gasteiger partial charge is 0.463 e. The van der Waals surface area contributed by atoms with E-state index in [-0.39, 0.29) is 28.2 Å². The van der Waals surface area contributed by atoms with Crippen LogP contribution < -0.4 is 4.74 Å². The van der Waals surface area contributed by atoms with E-state index in [1.165, 1.54) is 19.2 Å². The van der Waals surface area contributed by atoms with E-state index in [0.29, 0.717) is 0 Å². The normalized spacial score (nSPS) is 12.8. The zero-order chi connectivity index (χ0) is 18.8. The van der Waals surface area contributed by atoms with E-state index in [4.69, 9.17) is 32.7 Å². The minimum absolute atomic E-state index is 0.00684. The van der Waals surface area contributed by atoms with Gasteiger partial charge in [-0.1, -0.05) is 23.2 Å². The van der Waals surface area contributed by atoms with Gasteiger partial charge in [0.15, 0.2) is 6.10 Å². The van der Waals surface area contributed by atoms with Gasteiger partial charge in [-0.3, -0.25) is 0 Å². The smallest absolute Gasteiger partial charge is 0.416 e. The lowest BCUT2D eigenvalue weighted by molar-refractivity contribution is -0.150. The molecule has 0 aliphatic heterocycles. The SMILES string of the molecule is CCOC(=O)C(C)Oc1ccnn1-c1c(Cl)cc(C(F)(F)F)cc1Cl. The zero-order valence-electron chi connectivity index (χ0n) is 13.1. The summed E-state index contributed by atoms with van der Waals surface area (Å²) in [6, 6.07) is 2.89. The Balaban J connectivity index is 2.38. The van der Waals surface area contributed by atoms with E-state index in [9.17, 15) is 18.0 Å². The molecule has 0 bridgehead atoms. The number of hydrogen-bond donors (Lipinski definition) is 0. The second kappa shape index (κ2) is 7.53. The predicted molar refractivity (Wildman–Crippen MR) is 85.3 cm³/mol. The van der Waals surface area contributed by atoms with E-state index in [1.807, 2.05) is 0 Å². The highest BCUT2D eigenvalue weighted by Gasteiger charge is 2.32. The maximum atomic E-state index is 12.8. The Bertz CT molecular complexity index is 755. The average Bonchev–Trinajstić information content (AvgIpc) is 2.93. The Morgan fingerprint density at radius 1 is 1.32 bits per heavy atom. The molecule has 1 aromatic heterocycles. The number of carbonyl (C=O) groups is 1. The molecule has 0 saturated carbocycles. The third kappa shape index (κ3) is 4.38. The van der Waals surface area contributed by atoms with Gasteiger partial charge in [0, 0.05) is 6.07 Å². The molecular weight excluding hydrogens is 384 g/mol. The standard InChI is InChI=1S/C15H13Cl2F3N2O3/c1-3-24-14(23)8(2)25-12-4-5-21-22(12)13-10(16)6-9(7-11(13)17)15(18,19)20/h4-8H,3H2,1-2H3. The van der Waals surface area contributed by atoms with Crippen LogP contribution in [-0.4, -0.2) is 28.5 Å². The number of hydrogen-bond acceptors (Lipinski definition) is 4. The van der Waals surface area contributed by atoms with Crippen LogP contribution >= 0.6 is 23.2 Å². The van der Waals surface area contributed by atoms with Crippen LogP contribution in [0.15, 0.2) is 24.4 Å². The van der Waals surface area contributed by atoms with Crippen molar-refractivity contribution in [2.45, 2.75) is 26.1 Å². The molecule has 1 atom stereocenters. The summed E-state index contributed by atoms with van der Waals surface area (Å²) in [7, 11) is 0. The number of ether oxygens (including phenoxy) is 2. The first kappa shape index (κ1) is 19.4. The molecule has 0 radical (unpaired) electrons. The highest BCUT2D eigenvalue weighted by atomic mass is 35.5. The molecule has 2 rings (SSSR count). The van der Waals surface area contributed by atoms with E-state index in [2.05, 4.69) is 5.10 Å². The van der Waals surface area contributed by atoms with Crippen molar-refractivity contribution in [3.05, 3.63) is 40.0 Å². The van der Waals surface area contributed by atoms with Gasteiger partial charge in [-0.05, 0) is 26.0 Å². The van der Waals surface area contributed by atoms with Gasteiger partial charge in [0.05, 0.1) is 28.4 Å². The summed E-state index contributed by atoms with van der Waals surface area (Å²) in [6.45, 7) is 3.30. The summed E-state index contributed by atoms with van der Waals surface area (Å²) < 4.78 is 49.8. The molecule has 0 spiro atoms. The summed E-state index contributed by atoms with van der Waals surface area (Å²) in [5.41, 5.74) is -0.979. The van der Waals surface area contributed by atoms with Crippen LogP contribution in [0.3, 0.4) is 0 Å². The van der Waals surface area contributed by atoms with Crippen LogP contribution in [0.5, 0.6) is 5.88 Å². The molecule has 0 N–H and O–H groups in total. The first-order valence-electron chi connectivity index (χ1n) is 7.09. The van der Waals surface area contributed by atoms with Crippen molar-refractivity contribution < 1.29 is 27.4 Å². The molecule has 1 aromatic carbocycles. The third-order valence-electron chi connectivity index (χ3n) is 3.08. The number of esters is 1. The number of nitrogens with zero attached hydrogens (tertiary/aromatic N) is 2. The Kier molecular flexibility index (Phi) is 5.84. The molecule has 0 amide bonds. The fraction of sp³-hybridized carbons (Fsp3) is 0.333. The van der Waals surface area contributed by atoms with Crippen LogP contribution in [0, 0.1) is 0 Å². The van der Waals surface area contributed by atoms with Crippen molar-refractivity contribution in [3.8, 4) is 11.6 Å². The summed E-state index contributed by atoms with van der Waals surface area (Å²) >= 11 is 11.9. The molecule has 136 valence electrons. The molecule has 0 aliphatic carbocycles. The number of benzene rings is 1. The highest BCUT2D eigenvalue weighted by molar-refractivity contribution is 6.37. The second-order valence-electron chi connectivity index (χ2n) is 4.88. The molecule has 1 heterocycles. The topological polar surface area (TPSA) is 53.4 Å². The van der Waals surface area contributed by atoms with Gasteiger partial charge >= 0.3 is 12.1 Å². The van der Waals surface area contributed by atoms with Gasteiger partial charge < -0.3 is 9.47 Å². The van der Waals surface area contributed by atoms with E-state index in [1.54, 1.807) is 6.92 Å². The number of aromatic nitrogens is 2. The second-order valence-corrected chi connectivity index (χ2v) is 5.69. The lowest BCUT2D eigenvalue weighted by Crippen LogP contribution is -2.27. The maximum Gasteiger partial charge on any atom is 0.416 e. The van der Waals surface area contributed by atoms with Crippen LogP contribution in [0.2, 0.25) is 10.0 Å². The first-order chi connectivity index (χ1) is 11.6. The van der Waals surface area contributed by atoms with Crippen molar-refractivity contribution in [3.63, 3.8) is 0 Å². The first-order valence-corrected chi connectivity index (χ1v) is 7.84. The molecule has 1 unspecified atom stereocenters. The zero-order valence-corrected chi connectivity index (χ0v) is 14.6. The van der Waals surface area contributed by atoms with E-state index < -0.39 is 23.8 Å². The van der Waals surface area contributed by atoms with Crippen LogP contribution in [0.1, 0.15) is 19.4 Å². The average molecular weight is 397 g/mol. The lowest BCUT2D eigenvalue weighted by atomic mass is 10.2. The van der Waals surface area contributed by atoms with Crippen molar-refractivity contribution in [2.24, 2.45) is 0 Å². The minimum atomic E-state index is -4.59. The van der Waals surface area contributed by atoms with Crippen molar-refractivity contribution in [2.75, 3.05) is 6.61 Å². The molecule has 5 nitrogen and oxygen atoms in total. The van der Waals surface area contributed by atoms with Crippen LogP contribution in [0.25, 0.3) is 5.69 Å². The van der Waals surface area contributed by atoms with Gasteiger partial charge in [0.1, 0.15) is 5.69 Å². The number of alkyl halides is 3. The minimum Gasteiger partial charge on any atom is -0.463 e. The number of carbonyl (C=O) groups excluding carboxylic acids is 1. The van der Waals surface area contributed by atoms with E-state index in [0.717, 1.165) is 16.8 Å². The lowest BCUT2D eigenvalue weighted by Gasteiger charge is -2.17. The Morgan fingerprint density at radius 2 is 1.92 bits per heavy atom. The van der Waals surface area contributed by atoms with Gasteiger partial charge in [-0.2, -0.15) is 23.0 Å². The Hall–Kier alpha value is -1.93. The number of rotatable bonds is 5. The maximum absolute atomic E-state index is 12.8. The van der Waals surface area contributed by atoms with Gasteiger partial charge in [0.2, 0.25) is 5.88 Å². The summed E-state index contributed by atoms with van der Waals surface area (Å²) in [5.74, 6) is -0.524. The van der Waals surface area contributed by atoms with E-state index >= 15 is 0 Å². The highest BCUT2D eigenvalue weighted by Crippen LogP contribution is 2.38. The fourth-order valence-corrected chi connectivity index (χ4v) is 2.62. The molecule has 25 heavy (non-hydrogen) atoms. The molecule has 0 aliphatic rings. The molecule has 2 aromatic rings. The van der Waals surface area contributed by atoms with Crippen molar-refractivity contribution in [1.82, 2.24) is 9.78 Å². The number of halogens is 5. The predicted octanol–water partition coefficient (Wildman–Crippen LogP) is 4.53. The summed E-state index contributed by atoms with van der Waals surface area (Å²) in [4.78, 5) is 11.7. The Labute approximate surface area is 151 Å². The van der Waals surface area contributed by atoms with Crippen LogP contribution in [-0.2, 0) is 15.7 Å². The van der Waals surface area contributed by atoms with Crippen LogP contribution in [0.4, 0.5) is 13.2 Å². The van der Waals surface area contributed by atoms with Crippen molar-refractivity contribution in [1.29, 1.82) is 0 Å². The summed E-state index contributed by atoms with van der Waals surface area (Å²) in [6.07, 6.45) is -4.21. The monoisotopic (exact) mass is 396 g/mol. The molecule has 10 heteroatoms. The van der Waals surface area contributed by atoms with Crippen molar-refractivity contribution >= 4 is 29.2 Å². The summed E-state index contributed by atoms with van der Waals surface area (Å²) in [5, 5.41) is 3.41. The Morgan fingerprint density at radius 3 is 2.44 bits per heavy atom. The third-order valence-corrected chi connectivity index (χ3v) is 3.66. The quantitative estimate of drug-likeness (QED) is 0.696. The van der Waals surface area contributed by atoms with Gasteiger partial charge in [0.25, 0.3) is 0 Å².